The van der Waals surface area contributed by atoms with E-state index in [2.05, 4.69) is 83.1 Å². The lowest BCUT2D eigenvalue weighted by Gasteiger charge is -2.04. The zero-order valence-corrected chi connectivity index (χ0v) is 30.9. The van der Waals surface area contributed by atoms with Crippen molar-refractivity contribution in [2.75, 3.05) is 0 Å². The summed E-state index contributed by atoms with van der Waals surface area (Å²) in [6, 6.07) is 21.8. The van der Waals surface area contributed by atoms with Crippen LogP contribution in [0.1, 0.15) is 160 Å². The molecule has 0 aromatic heterocycles. The number of unbranched alkanes of at least 4 members (excludes halogenated alkanes) is 10. The molecule has 0 unspecified atom stereocenters. The van der Waals surface area contributed by atoms with Crippen LogP contribution in [0, 0.1) is 25.5 Å². The van der Waals surface area contributed by atoms with Gasteiger partial charge in [-0.2, -0.15) is 0 Å². The summed E-state index contributed by atoms with van der Waals surface area (Å²) in [6.07, 6.45) is 19.7. The molecule has 0 amide bonds. The molecule has 0 fully saturated rings. The van der Waals surface area contributed by atoms with E-state index in [1.807, 2.05) is 27.7 Å². The quantitative estimate of drug-likeness (QED) is 0.139. The van der Waals surface area contributed by atoms with Crippen LogP contribution in [0.25, 0.3) is 0 Å². The van der Waals surface area contributed by atoms with E-state index in [4.69, 9.17) is 0 Å². The lowest BCUT2D eigenvalue weighted by Crippen LogP contribution is -1.94. The van der Waals surface area contributed by atoms with Gasteiger partial charge in [-0.1, -0.05) is 173 Å². The molecule has 3 aromatic rings. The first-order chi connectivity index (χ1) is 21.9. The van der Waals surface area contributed by atoms with Gasteiger partial charge in [-0.05, 0) is 86.3 Å². The van der Waals surface area contributed by atoms with Gasteiger partial charge in [0.15, 0.2) is 11.6 Å². The van der Waals surface area contributed by atoms with E-state index in [1.165, 1.54) is 106 Å². The van der Waals surface area contributed by atoms with Crippen molar-refractivity contribution in [1.29, 1.82) is 0 Å². The van der Waals surface area contributed by atoms with Gasteiger partial charge in [0.1, 0.15) is 0 Å². The summed E-state index contributed by atoms with van der Waals surface area (Å²) in [4.78, 5) is 0. The van der Waals surface area contributed by atoms with Gasteiger partial charge in [-0.3, -0.25) is 0 Å². The molecule has 0 aliphatic carbocycles. The number of rotatable bonds is 16. The predicted molar refractivity (Wildman–Crippen MR) is 200 cm³/mol. The Balaban J connectivity index is 0. The molecule has 0 atom stereocenters. The maximum Gasteiger partial charge on any atom is 0.162 e. The van der Waals surface area contributed by atoms with E-state index in [0.717, 1.165) is 18.9 Å². The molecule has 3 rings (SSSR count). The molecular formula is C43H70F2. The Morgan fingerprint density at radius 3 is 1.13 bits per heavy atom. The van der Waals surface area contributed by atoms with Crippen molar-refractivity contribution in [1.82, 2.24) is 0 Å². The third kappa shape index (κ3) is 23.5. The minimum absolute atomic E-state index is 0.506. The highest BCUT2D eigenvalue weighted by molar-refractivity contribution is 5.26. The van der Waals surface area contributed by atoms with Gasteiger partial charge in [0.2, 0.25) is 0 Å². The largest absolute Gasteiger partial charge is 0.204 e. The molecule has 0 radical (unpaired) electrons. The first-order valence-electron chi connectivity index (χ1n) is 18.5. The van der Waals surface area contributed by atoms with Crippen molar-refractivity contribution in [3.63, 3.8) is 0 Å². The zero-order valence-electron chi connectivity index (χ0n) is 30.9. The fourth-order valence-electron chi connectivity index (χ4n) is 4.93. The fourth-order valence-corrected chi connectivity index (χ4v) is 4.93. The van der Waals surface area contributed by atoms with Crippen molar-refractivity contribution in [2.24, 2.45) is 0 Å². The monoisotopic (exact) mass is 625 g/mol. The highest BCUT2D eigenvalue weighted by atomic mass is 19.2. The first-order valence-corrected chi connectivity index (χ1v) is 18.5. The summed E-state index contributed by atoms with van der Waals surface area (Å²) in [5.41, 5.74) is 6.45. The van der Waals surface area contributed by atoms with Gasteiger partial charge < -0.3 is 0 Å². The molecule has 0 spiro atoms. The van der Waals surface area contributed by atoms with Gasteiger partial charge >= 0.3 is 0 Å². The van der Waals surface area contributed by atoms with Crippen molar-refractivity contribution in [3.8, 4) is 0 Å². The molecule has 0 bridgehead atoms. The van der Waals surface area contributed by atoms with E-state index < -0.39 is 11.6 Å². The Labute approximate surface area is 279 Å². The summed E-state index contributed by atoms with van der Waals surface area (Å²) in [7, 11) is 0. The molecule has 2 heteroatoms. The van der Waals surface area contributed by atoms with Gasteiger partial charge in [0.05, 0.1) is 0 Å². The van der Waals surface area contributed by atoms with Crippen molar-refractivity contribution in [2.45, 2.75) is 165 Å². The Morgan fingerprint density at radius 1 is 0.400 bits per heavy atom. The average Bonchev–Trinajstić information content (AvgIpc) is 3.07. The molecular weight excluding hydrogens is 554 g/mol. The van der Waals surface area contributed by atoms with E-state index in [1.54, 1.807) is 12.1 Å². The van der Waals surface area contributed by atoms with Gasteiger partial charge in [-0.15, -0.1) is 0 Å². The number of benzene rings is 3. The van der Waals surface area contributed by atoms with Crippen LogP contribution in [-0.4, -0.2) is 0 Å². The average molecular weight is 625 g/mol. The SMILES string of the molecule is CC.CC.CCCCCCCc1cccc(F)c1F.CCCCCCc1ccccc1C.CCCCCCc1ccccc1C. The molecule has 0 heterocycles. The third-order valence-corrected chi connectivity index (χ3v) is 7.70. The van der Waals surface area contributed by atoms with Gasteiger partial charge in [0, 0.05) is 0 Å². The standard InChI is InChI=1S/C13H18F2.2C13H20.2C2H6/c1-2-3-4-5-6-8-11-9-7-10-12(14)13(11)15;2*1-3-4-5-6-10-13-11-8-7-9-12(13)2;2*1-2/h7,9-10H,2-6,8H2,1H3;2*7-9,11H,3-6,10H2,1-2H3;2*1-2H3. The maximum absolute atomic E-state index is 13.2. The highest BCUT2D eigenvalue weighted by Gasteiger charge is 2.06. The van der Waals surface area contributed by atoms with Gasteiger partial charge in [-0.25, -0.2) is 8.78 Å². The van der Waals surface area contributed by atoms with E-state index in [-0.39, 0.29) is 0 Å². The van der Waals surface area contributed by atoms with Crippen LogP contribution in [0.5, 0.6) is 0 Å². The van der Waals surface area contributed by atoms with E-state index in [0.29, 0.717) is 12.0 Å². The summed E-state index contributed by atoms with van der Waals surface area (Å²) in [5.74, 6) is -1.41. The van der Waals surface area contributed by atoms with Crippen LogP contribution in [0.2, 0.25) is 0 Å². The van der Waals surface area contributed by atoms with Crippen molar-refractivity contribution in [3.05, 3.63) is 106 Å². The Hall–Kier alpha value is -2.48. The molecule has 0 saturated carbocycles. The normalized spacial score (nSPS) is 9.76. The topological polar surface area (TPSA) is 0 Å². The summed E-state index contributed by atoms with van der Waals surface area (Å²) in [5, 5.41) is 0. The second-order valence-electron chi connectivity index (χ2n) is 11.4. The summed E-state index contributed by atoms with van der Waals surface area (Å²) in [6.45, 7) is 19.1. The number of aryl methyl sites for hydroxylation is 5. The summed E-state index contributed by atoms with van der Waals surface area (Å²) < 4.78 is 26.0. The molecule has 0 nitrogen and oxygen atoms in total. The van der Waals surface area contributed by atoms with E-state index in [9.17, 15) is 8.78 Å². The smallest absolute Gasteiger partial charge is 0.162 e. The lowest BCUT2D eigenvalue weighted by atomic mass is 10.0. The molecule has 0 aliphatic heterocycles. The summed E-state index contributed by atoms with van der Waals surface area (Å²) >= 11 is 0. The number of hydrogen-bond donors (Lipinski definition) is 0. The van der Waals surface area contributed by atoms with Crippen LogP contribution in [0.4, 0.5) is 8.78 Å². The Morgan fingerprint density at radius 2 is 0.733 bits per heavy atom. The molecule has 256 valence electrons. The number of hydrogen-bond acceptors (Lipinski definition) is 0. The minimum Gasteiger partial charge on any atom is -0.204 e. The third-order valence-electron chi connectivity index (χ3n) is 7.70. The van der Waals surface area contributed by atoms with Crippen LogP contribution >= 0.6 is 0 Å². The van der Waals surface area contributed by atoms with E-state index >= 15 is 0 Å². The second-order valence-corrected chi connectivity index (χ2v) is 11.4. The highest BCUT2D eigenvalue weighted by Crippen LogP contribution is 2.15. The number of halogens is 2. The van der Waals surface area contributed by atoms with Gasteiger partial charge in [0.25, 0.3) is 0 Å². The van der Waals surface area contributed by atoms with Crippen LogP contribution in [-0.2, 0) is 19.3 Å². The maximum atomic E-state index is 13.2. The van der Waals surface area contributed by atoms with Crippen molar-refractivity contribution < 1.29 is 8.78 Å². The van der Waals surface area contributed by atoms with Crippen LogP contribution < -0.4 is 0 Å². The zero-order chi connectivity index (χ0) is 34.1. The predicted octanol–water partition coefficient (Wildman–Crippen LogP) is 14.8. The van der Waals surface area contributed by atoms with Crippen LogP contribution in [0.3, 0.4) is 0 Å². The Kier molecular flexibility index (Phi) is 32.6. The molecule has 45 heavy (non-hydrogen) atoms. The van der Waals surface area contributed by atoms with Crippen molar-refractivity contribution >= 4 is 0 Å². The first kappa shape index (κ1) is 44.6. The molecule has 0 aliphatic rings. The molecule has 3 aromatic carbocycles. The lowest BCUT2D eigenvalue weighted by molar-refractivity contribution is 0.495. The van der Waals surface area contributed by atoms with Crippen LogP contribution in [0.15, 0.2) is 66.7 Å². The molecule has 0 saturated heterocycles. The fraction of sp³-hybridized carbons (Fsp3) is 0.581. The second kappa shape index (κ2) is 32.9. The molecule has 0 N–H and O–H groups in total. The Bertz CT molecular complexity index is 986. The minimum atomic E-state index is -0.735.